The van der Waals surface area contributed by atoms with Crippen LogP contribution in [0.15, 0.2) is 29.4 Å². The Balaban J connectivity index is 1.67. The minimum Gasteiger partial charge on any atom is -0.356 e. The van der Waals surface area contributed by atoms with Gasteiger partial charge in [-0.1, -0.05) is 19.9 Å². The Labute approximate surface area is 138 Å². The fraction of sp³-hybridized carbons (Fsp3) is 0.588. The van der Waals surface area contributed by atoms with Gasteiger partial charge in [0.15, 0.2) is 11.6 Å². The van der Waals surface area contributed by atoms with E-state index in [0.717, 1.165) is 49.3 Å². The molecule has 2 heterocycles. The average Bonchev–Trinajstić information content (AvgIpc) is 2.96. The van der Waals surface area contributed by atoms with Crippen LogP contribution < -0.4 is 10.6 Å². The van der Waals surface area contributed by atoms with Crippen LogP contribution in [0.25, 0.3) is 5.65 Å². The van der Waals surface area contributed by atoms with Crippen molar-refractivity contribution in [2.45, 2.75) is 39.5 Å². The van der Waals surface area contributed by atoms with Gasteiger partial charge in [0.2, 0.25) is 0 Å². The van der Waals surface area contributed by atoms with E-state index in [0.29, 0.717) is 0 Å². The maximum Gasteiger partial charge on any atom is 0.190 e. The molecular weight excluding hydrogens is 288 g/mol. The monoisotopic (exact) mass is 316 g/mol. The third-order valence-electron chi connectivity index (χ3n) is 3.73. The summed E-state index contributed by atoms with van der Waals surface area (Å²) in [7, 11) is 1.81. The lowest BCUT2D eigenvalue weighted by Crippen LogP contribution is -2.38. The first kappa shape index (κ1) is 17.2. The molecule has 0 saturated carbocycles. The van der Waals surface area contributed by atoms with Crippen LogP contribution in [-0.4, -0.2) is 40.7 Å². The highest BCUT2D eigenvalue weighted by molar-refractivity contribution is 5.79. The second-order valence-corrected chi connectivity index (χ2v) is 6.11. The highest BCUT2D eigenvalue weighted by Crippen LogP contribution is 2.04. The summed E-state index contributed by atoms with van der Waals surface area (Å²) in [6.45, 7) is 6.33. The van der Waals surface area contributed by atoms with Gasteiger partial charge >= 0.3 is 0 Å². The smallest absolute Gasteiger partial charge is 0.190 e. The van der Waals surface area contributed by atoms with E-state index < -0.39 is 0 Å². The SMILES string of the molecule is CN=C(NCCCc1nnc2ccccn12)NCCCC(C)C. The lowest BCUT2D eigenvalue weighted by molar-refractivity contribution is 0.549. The maximum atomic E-state index is 4.25. The van der Waals surface area contributed by atoms with Crippen molar-refractivity contribution in [2.75, 3.05) is 20.1 Å². The topological polar surface area (TPSA) is 66.6 Å². The molecule has 0 fully saturated rings. The van der Waals surface area contributed by atoms with Crippen molar-refractivity contribution in [2.24, 2.45) is 10.9 Å². The number of hydrogen-bond acceptors (Lipinski definition) is 3. The molecular formula is C17H28N6. The van der Waals surface area contributed by atoms with Gasteiger partial charge in [-0.2, -0.15) is 0 Å². The van der Waals surface area contributed by atoms with Gasteiger partial charge in [0.25, 0.3) is 0 Å². The number of aliphatic imine (C=N–C) groups is 1. The van der Waals surface area contributed by atoms with Crippen molar-refractivity contribution < 1.29 is 0 Å². The molecule has 0 radical (unpaired) electrons. The number of rotatable bonds is 8. The minimum absolute atomic E-state index is 0.754. The Morgan fingerprint density at radius 2 is 1.96 bits per heavy atom. The number of fused-ring (bicyclic) bond motifs is 1. The molecule has 6 heteroatoms. The Morgan fingerprint density at radius 3 is 2.70 bits per heavy atom. The lowest BCUT2D eigenvalue weighted by atomic mass is 10.1. The number of aryl methyl sites for hydroxylation is 1. The molecule has 2 aromatic heterocycles. The molecule has 0 bridgehead atoms. The molecule has 6 nitrogen and oxygen atoms in total. The molecule has 0 aliphatic rings. The molecule has 2 N–H and O–H groups in total. The van der Waals surface area contributed by atoms with Crippen LogP contribution in [-0.2, 0) is 6.42 Å². The predicted octanol–water partition coefficient (Wildman–Crippen LogP) is 2.26. The van der Waals surface area contributed by atoms with Gasteiger partial charge in [0.05, 0.1) is 0 Å². The van der Waals surface area contributed by atoms with Gasteiger partial charge in [-0.05, 0) is 37.3 Å². The number of nitrogens with zero attached hydrogens (tertiary/aromatic N) is 4. The van der Waals surface area contributed by atoms with Crippen LogP contribution in [0.4, 0.5) is 0 Å². The largest absolute Gasteiger partial charge is 0.356 e. The normalized spacial score (nSPS) is 12.1. The number of hydrogen-bond donors (Lipinski definition) is 2. The first-order valence-corrected chi connectivity index (χ1v) is 8.44. The zero-order valence-electron chi connectivity index (χ0n) is 14.4. The summed E-state index contributed by atoms with van der Waals surface area (Å²) >= 11 is 0. The standard InChI is InChI=1S/C17H28N6/c1-14(2)8-6-11-19-17(18-3)20-12-7-10-16-22-21-15-9-4-5-13-23(15)16/h4-5,9,13-14H,6-8,10-12H2,1-3H3,(H2,18,19,20). The van der Waals surface area contributed by atoms with Crippen molar-refractivity contribution in [3.63, 3.8) is 0 Å². The van der Waals surface area contributed by atoms with Crippen LogP contribution >= 0.6 is 0 Å². The minimum atomic E-state index is 0.754. The molecule has 0 amide bonds. The van der Waals surface area contributed by atoms with Gasteiger partial charge in [0.1, 0.15) is 5.82 Å². The molecule has 0 unspecified atom stereocenters. The summed E-state index contributed by atoms with van der Waals surface area (Å²) in [5.74, 6) is 2.63. The summed E-state index contributed by atoms with van der Waals surface area (Å²) in [6.07, 6.45) is 6.30. The van der Waals surface area contributed by atoms with Crippen molar-refractivity contribution in [1.29, 1.82) is 0 Å². The van der Waals surface area contributed by atoms with Gasteiger partial charge in [-0.25, -0.2) is 0 Å². The lowest BCUT2D eigenvalue weighted by Gasteiger charge is -2.12. The average molecular weight is 316 g/mol. The second-order valence-electron chi connectivity index (χ2n) is 6.11. The molecule has 0 aliphatic carbocycles. The first-order valence-electron chi connectivity index (χ1n) is 8.44. The molecule has 0 saturated heterocycles. The van der Waals surface area contributed by atoms with E-state index in [9.17, 15) is 0 Å². The molecule has 0 atom stereocenters. The van der Waals surface area contributed by atoms with E-state index in [1.807, 2.05) is 35.8 Å². The Hall–Kier alpha value is -2.11. The molecule has 2 rings (SSSR count). The highest BCUT2D eigenvalue weighted by atomic mass is 15.2. The van der Waals surface area contributed by atoms with Gasteiger partial charge in [0, 0.05) is 32.8 Å². The molecule has 23 heavy (non-hydrogen) atoms. The molecule has 0 aliphatic heterocycles. The third kappa shape index (κ3) is 5.54. The van der Waals surface area contributed by atoms with Gasteiger partial charge in [-0.15, -0.1) is 10.2 Å². The number of pyridine rings is 1. The summed E-state index contributed by atoms with van der Waals surface area (Å²) in [5, 5.41) is 15.1. The summed E-state index contributed by atoms with van der Waals surface area (Å²) < 4.78 is 2.04. The summed E-state index contributed by atoms with van der Waals surface area (Å²) in [6, 6.07) is 5.95. The van der Waals surface area contributed by atoms with Crippen LogP contribution in [0.3, 0.4) is 0 Å². The fourth-order valence-corrected chi connectivity index (χ4v) is 2.45. The van der Waals surface area contributed by atoms with Gasteiger partial charge in [-0.3, -0.25) is 9.39 Å². The Bertz CT molecular complexity index is 616. The third-order valence-corrected chi connectivity index (χ3v) is 3.73. The zero-order chi connectivity index (χ0) is 16.5. The van der Waals surface area contributed by atoms with Crippen LogP contribution in [0.1, 0.15) is 38.9 Å². The van der Waals surface area contributed by atoms with E-state index in [1.165, 1.54) is 12.8 Å². The van der Waals surface area contributed by atoms with Crippen LogP contribution in [0, 0.1) is 5.92 Å². The Kier molecular flexibility index (Phi) is 6.84. The van der Waals surface area contributed by atoms with E-state index in [-0.39, 0.29) is 0 Å². The van der Waals surface area contributed by atoms with E-state index in [4.69, 9.17) is 0 Å². The van der Waals surface area contributed by atoms with Gasteiger partial charge < -0.3 is 10.6 Å². The van der Waals surface area contributed by atoms with Crippen molar-refractivity contribution in [3.05, 3.63) is 30.2 Å². The number of aromatic nitrogens is 3. The quantitative estimate of drug-likeness (QED) is 0.445. The maximum absolute atomic E-state index is 4.25. The molecule has 2 aromatic rings. The van der Waals surface area contributed by atoms with Crippen molar-refractivity contribution >= 4 is 11.6 Å². The molecule has 126 valence electrons. The van der Waals surface area contributed by atoms with E-state index in [1.54, 1.807) is 0 Å². The van der Waals surface area contributed by atoms with Crippen LogP contribution in [0.5, 0.6) is 0 Å². The summed E-state index contributed by atoms with van der Waals surface area (Å²) in [5.41, 5.74) is 0.901. The predicted molar refractivity (Wildman–Crippen MR) is 94.7 cm³/mol. The fourth-order valence-electron chi connectivity index (χ4n) is 2.45. The van der Waals surface area contributed by atoms with E-state index in [2.05, 4.69) is 39.7 Å². The number of guanidine groups is 1. The van der Waals surface area contributed by atoms with Crippen molar-refractivity contribution in [1.82, 2.24) is 25.2 Å². The Morgan fingerprint density at radius 1 is 1.17 bits per heavy atom. The highest BCUT2D eigenvalue weighted by Gasteiger charge is 2.04. The molecule has 0 aromatic carbocycles. The van der Waals surface area contributed by atoms with Crippen molar-refractivity contribution in [3.8, 4) is 0 Å². The van der Waals surface area contributed by atoms with Crippen LogP contribution in [0.2, 0.25) is 0 Å². The summed E-state index contributed by atoms with van der Waals surface area (Å²) in [4.78, 5) is 4.25. The van der Waals surface area contributed by atoms with E-state index >= 15 is 0 Å². The molecule has 0 spiro atoms. The zero-order valence-corrected chi connectivity index (χ0v) is 14.4. The number of nitrogens with one attached hydrogen (secondary N) is 2. The first-order chi connectivity index (χ1) is 11.2. The second kappa shape index (κ2) is 9.12.